The third-order valence-corrected chi connectivity index (χ3v) is 3.04. The molecular formula is C15H22N2O3. The average Bonchev–Trinajstić information content (AvgIpc) is 2.41. The van der Waals surface area contributed by atoms with E-state index in [0.717, 1.165) is 24.1 Å². The van der Waals surface area contributed by atoms with Crippen LogP contribution in [0, 0.1) is 0 Å². The Kier molecular flexibility index (Phi) is 6.56. The van der Waals surface area contributed by atoms with E-state index in [1.54, 1.807) is 0 Å². The molecule has 0 saturated heterocycles. The summed E-state index contributed by atoms with van der Waals surface area (Å²) in [6.45, 7) is 4.62. The van der Waals surface area contributed by atoms with Crippen molar-refractivity contribution in [1.82, 2.24) is 4.90 Å². The SMILES string of the molecule is CCCc1ccccc1NC(=O)N(CC)CCC(=O)O. The van der Waals surface area contributed by atoms with Crippen LogP contribution in [-0.4, -0.2) is 35.1 Å². The molecule has 0 bridgehead atoms. The van der Waals surface area contributed by atoms with Crippen molar-refractivity contribution in [3.05, 3.63) is 29.8 Å². The highest BCUT2D eigenvalue weighted by Gasteiger charge is 2.14. The molecular weight excluding hydrogens is 256 g/mol. The fourth-order valence-corrected chi connectivity index (χ4v) is 1.96. The third kappa shape index (κ3) is 4.91. The molecule has 5 nitrogen and oxygen atoms in total. The summed E-state index contributed by atoms with van der Waals surface area (Å²) in [5.74, 6) is -0.900. The molecule has 20 heavy (non-hydrogen) atoms. The Morgan fingerprint density at radius 1 is 1.25 bits per heavy atom. The number of nitrogens with one attached hydrogen (secondary N) is 1. The lowest BCUT2D eigenvalue weighted by Gasteiger charge is -2.21. The normalized spacial score (nSPS) is 10.1. The van der Waals surface area contributed by atoms with Crippen LogP contribution >= 0.6 is 0 Å². The third-order valence-electron chi connectivity index (χ3n) is 3.04. The lowest BCUT2D eigenvalue weighted by molar-refractivity contribution is -0.137. The number of anilines is 1. The number of amides is 2. The zero-order valence-electron chi connectivity index (χ0n) is 12.1. The topological polar surface area (TPSA) is 69.6 Å². The van der Waals surface area contributed by atoms with Gasteiger partial charge in [0.25, 0.3) is 0 Å². The van der Waals surface area contributed by atoms with E-state index in [-0.39, 0.29) is 19.0 Å². The lowest BCUT2D eigenvalue weighted by atomic mass is 10.1. The van der Waals surface area contributed by atoms with Gasteiger partial charge in [0.05, 0.1) is 6.42 Å². The van der Waals surface area contributed by atoms with Gasteiger partial charge >= 0.3 is 12.0 Å². The smallest absolute Gasteiger partial charge is 0.321 e. The summed E-state index contributed by atoms with van der Waals surface area (Å²) in [5, 5.41) is 11.5. The number of nitrogens with zero attached hydrogens (tertiary/aromatic N) is 1. The summed E-state index contributed by atoms with van der Waals surface area (Å²) < 4.78 is 0. The Balaban J connectivity index is 2.70. The first-order valence-corrected chi connectivity index (χ1v) is 6.94. The number of carboxylic acid groups (broad SMARTS) is 1. The predicted octanol–water partition coefficient (Wildman–Crippen LogP) is 2.97. The van der Waals surface area contributed by atoms with Gasteiger partial charge < -0.3 is 15.3 Å². The number of carbonyl (C=O) groups is 2. The van der Waals surface area contributed by atoms with E-state index in [2.05, 4.69) is 12.2 Å². The van der Waals surface area contributed by atoms with E-state index in [9.17, 15) is 9.59 Å². The van der Waals surface area contributed by atoms with E-state index in [0.29, 0.717) is 6.54 Å². The molecule has 1 aromatic carbocycles. The molecule has 0 heterocycles. The number of carboxylic acids is 1. The van der Waals surface area contributed by atoms with Crippen LogP contribution in [0.1, 0.15) is 32.3 Å². The summed E-state index contributed by atoms with van der Waals surface area (Å²) in [6.07, 6.45) is 1.86. The van der Waals surface area contributed by atoms with Crippen molar-refractivity contribution in [3.8, 4) is 0 Å². The van der Waals surface area contributed by atoms with Gasteiger partial charge in [0.1, 0.15) is 0 Å². The molecule has 0 aliphatic rings. The second kappa shape index (κ2) is 8.19. The van der Waals surface area contributed by atoms with E-state index < -0.39 is 5.97 Å². The van der Waals surface area contributed by atoms with Crippen LogP contribution in [0.3, 0.4) is 0 Å². The molecule has 2 amide bonds. The molecule has 110 valence electrons. The fourth-order valence-electron chi connectivity index (χ4n) is 1.96. The monoisotopic (exact) mass is 278 g/mol. The van der Waals surface area contributed by atoms with Crippen molar-refractivity contribution in [1.29, 1.82) is 0 Å². The number of para-hydroxylation sites is 1. The van der Waals surface area contributed by atoms with Gasteiger partial charge in [-0.15, -0.1) is 0 Å². The summed E-state index contributed by atoms with van der Waals surface area (Å²) in [5.41, 5.74) is 1.89. The number of carbonyl (C=O) groups excluding carboxylic acids is 1. The molecule has 0 fully saturated rings. The molecule has 5 heteroatoms. The number of urea groups is 1. The van der Waals surface area contributed by atoms with Crippen molar-refractivity contribution < 1.29 is 14.7 Å². The average molecular weight is 278 g/mol. The molecule has 0 spiro atoms. The van der Waals surface area contributed by atoms with Crippen LogP contribution in [0.4, 0.5) is 10.5 Å². The van der Waals surface area contributed by atoms with Crippen molar-refractivity contribution >= 4 is 17.7 Å². The maximum absolute atomic E-state index is 12.1. The van der Waals surface area contributed by atoms with Crippen LogP contribution < -0.4 is 5.32 Å². The highest BCUT2D eigenvalue weighted by molar-refractivity contribution is 5.90. The number of aliphatic carboxylic acids is 1. The Bertz CT molecular complexity index is 460. The summed E-state index contributed by atoms with van der Waals surface area (Å²) in [4.78, 5) is 24.2. The Morgan fingerprint density at radius 3 is 2.55 bits per heavy atom. The maximum Gasteiger partial charge on any atom is 0.321 e. The standard InChI is InChI=1S/C15H22N2O3/c1-3-7-12-8-5-6-9-13(12)16-15(20)17(4-2)11-10-14(18)19/h5-6,8-9H,3-4,7,10-11H2,1-2H3,(H,16,20)(H,18,19). The summed E-state index contributed by atoms with van der Waals surface area (Å²) in [7, 11) is 0. The fraction of sp³-hybridized carbons (Fsp3) is 0.467. The number of benzene rings is 1. The first-order valence-electron chi connectivity index (χ1n) is 6.94. The van der Waals surface area contributed by atoms with Gasteiger partial charge in [0.15, 0.2) is 0 Å². The summed E-state index contributed by atoms with van der Waals surface area (Å²) in [6, 6.07) is 7.43. The largest absolute Gasteiger partial charge is 0.481 e. The molecule has 0 aliphatic carbocycles. The van der Waals surface area contributed by atoms with Gasteiger partial charge in [0.2, 0.25) is 0 Å². The molecule has 0 saturated carbocycles. The Labute approximate surface area is 119 Å². The molecule has 1 aromatic rings. The first kappa shape index (κ1) is 16.0. The first-order chi connectivity index (χ1) is 9.58. The van der Waals surface area contributed by atoms with Crippen molar-refractivity contribution in [3.63, 3.8) is 0 Å². The van der Waals surface area contributed by atoms with Gasteiger partial charge in [-0.05, 0) is 25.0 Å². The number of aryl methyl sites for hydroxylation is 1. The predicted molar refractivity (Wildman–Crippen MR) is 79.0 cm³/mol. The quantitative estimate of drug-likeness (QED) is 0.805. The Hall–Kier alpha value is -2.04. The van der Waals surface area contributed by atoms with Crippen LogP contribution in [-0.2, 0) is 11.2 Å². The second-order valence-corrected chi connectivity index (χ2v) is 4.56. The van der Waals surface area contributed by atoms with Gasteiger partial charge in [-0.2, -0.15) is 0 Å². The van der Waals surface area contributed by atoms with Gasteiger partial charge in [-0.1, -0.05) is 31.5 Å². The molecule has 0 radical (unpaired) electrons. The number of rotatable bonds is 7. The summed E-state index contributed by atoms with van der Waals surface area (Å²) >= 11 is 0. The van der Waals surface area contributed by atoms with Crippen molar-refractivity contribution in [2.45, 2.75) is 33.1 Å². The number of hydrogen-bond donors (Lipinski definition) is 2. The highest BCUT2D eigenvalue weighted by atomic mass is 16.4. The molecule has 1 rings (SSSR count). The molecule has 0 atom stereocenters. The van der Waals surface area contributed by atoms with E-state index >= 15 is 0 Å². The molecule has 2 N–H and O–H groups in total. The van der Waals surface area contributed by atoms with Gasteiger partial charge in [-0.3, -0.25) is 4.79 Å². The maximum atomic E-state index is 12.1. The van der Waals surface area contributed by atoms with Crippen LogP contribution in [0.5, 0.6) is 0 Å². The van der Waals surface area contributed by atoms with Crippen LogP contribution in [0.25, 0.3) is 0 Å². The molecule has 0 unspecified atom stereocenters. The second-order valence-electron chi connectivity index (χ2n) is 4.56. The highest BCUT2D eigenvalue weighted by Crippen LogP contribution is 2.17. The minimum absolute atomic E-state index is 0.0438. The van der Waals surface area contributed by atoms with Gasteiger partial charge in [0, 0.05) is 18.8 Å². The van der Waals surface area contributed by atoms with E-state index in [1.807, 2.05) is 31.2 Å². The Morgan fingerprint density at radius 2 is 1.95 bits per heavy atom. The zero-order chi connectivity index (χ0) is 15.0. The minimum Gasteiger partial charge on any atom is -0.481 e. The van der Waals surface area contributed by atoms with E-state index in [4.69, 9.17) is 5.11 Å². The van der Waals surface area contributed by atoms with Crippen molar-refractivity contribution in [2.24, 2.45) is 0 Å². The van der Waals surface area contributed by atoms with E-state index in [1.165, 1.54) is 4.90 Å². The minimum atomic E-state index is -0.900. The zero-order valence-corrected chi connectivity index (χ0v) is 12.1. The van der Waals surface area contributed by atoms with Crippen LogP contribution in [0.15, 0.2) is 24.3 Å². The van der Waals surface area contributed by atoms with Crippen LogP contribution in [0.2, 0.25) is 0 Å². The lowest BCUT2D eigenvalue weighted by Crippen LogP contribution is -2.36. The molecule has 0 aromatic heterocycles. The van der Waals surface area contributed by atoms with Gasteiger partial charge in [-0.25, -0.2) is 4.79 Å². The van der Waals surface area contributed by atoms with Crippen molar-refractivity contribution in [2.75, 3.05) is 18.4 Å². The molecule has 0 aliphatic heterocycles. The number of hydrogen-bond acceptors (Lipinski definition) is 2.